The van der Waals surface area contributed by atoms with E-state index >= 15 is 0 Å². The van der Waals surface area contributed by atoms with Gasteiger partial charge in [-0.15, -0.1) is 0 Å². The maximum Gasteiger partial charge on any atom is 0.274 e. The van der Waals surface area contributed by atoms with Crippen molar-refractivity contribution in [2.24, 2.45) is 0 Å². The van der Waals surface area contributed by atoms with E-state index in [1.165, 1.54) is 12.1 Å². The summed E-state index contributed by atoms with van der Waals surface area (Å²) in [6.45, 7) is 0. The average Bonchev–Trinajstić information content (AvgIpc) is 2.96. The number of rotatable bonds is 5. The summed E-state index contributed by atoms with van der Waals surface area (Å²) in [6.07, 6.45) is 2.84. The molecule has 1 aliphatic carbocycles. The standard InChI is InChI=1S/C11H15NO5S/c1-16-10-4-2-3-9(10)12-18(14,15)11-6-5-8(7-13)17-11/h5-7,9-10,12H,2-4H2,1H3. The van der Waals surface area contributed by atoms with Gasteiger partial charge in [-0.25, -0.2) is 13.1 Å². The molecular formula is C11H15NO5S. The van der Waals surface area contributed by atoms with Gasteiger partial charge in [0.25, 0.3) is 10.0 Å². The number of hydrogen-bond donors (Lipinski definition) is 1. The quantitative estimate of drug-likeness (QED) is 0.807. The number of carbonyl (C=O) groups is 1. The van der Waals surface area contributed by atoms with E-state index in [9.17, 15) is 13.2 Å². The lowest BCUT2D eigenvalue weighted by Crippen LogP contribution is -2.40. The van der Waals surface area contributed by atoms with Gasteiger partial charge in [0.1, 0.15) is 0 Å². The predicted molar refractivity (Wildman–Crippen MR) is 62.9 cm³/mol. The Morgan fingerprint density at radius 3 is 2.83 bits per heavy atom. The first-order valence-electron chi connectivity index (χ1n) is 5.67. The highest BCUT2D eigenvalue weighted by Crippen LogP contribution is 2.23. The van der Waals surface area contributed by atoms with Crippen molar-refractivity contribution >= 4 is 16.3 Å². The molecule has 1 aromatic rings. The van der Waals surface area contributed by atoms with E-state index in [0.717, 1.165) is 19.3 Å². The molecule has 2 atom stereocenters. The number of hydrogen-bond acceptors (Lipinski definition) is 5. The Morgan fingerprint density at radius 2 is 2.22 bits per heavy atom. The van der Waals surface area contributed by atoms with Gasteiger partial charge in [-0.3, -0.25) is 4.79 Å². The molecule has 7 heteroatoms. The van der Waals surface area contributed by atoms with Crippen molar-refractivity contribution in [2.75, 3.05) is 7.11 Å². The van der Waals surface area contributed by atoms with E-state index in [0.29, 0.717) is 6.29 Å². The summed E-state index contributed by atoms with van der Waals surface area (Å²) in [5.74, 6) is -0.00918. The Bertz CT molecular complexity index is 521. The van der Waals surface area contributed by atoms with Crippen LogP contribution in [0, 0.1) is 0 Å². The van der Waals surface area contributed by atoms with Crippen LogP contribution in [0.2, 0.25) is 0 Å². The summed E-state index contributed by atoms with van der Waals surface area (Å²) in [6, 6.07) is 2.34. The minimum Gasteiger partial charge on any atom is -0.440 e. The first-order chi connectivity index (χ1) is 8.56. The van der Waals surface area contributed by atoms with Gasteiger partial charge in [-0.05, 0) is 31.4 Å². The molecule has 0 spiro atoms. The molecule has 6 nitrogen and oxygen atoms in total. The summed E-state index contributed by atoms with van der Waals surface area (Å²) in [5, 5.41) is -0.244. The second-order valence-electron chi connectivity index (χ2n) is 4.21. The maximum atomic E-state index is 12.0. The molecule has 0 bridgehead atoms. The van der Waals surface area contributed by atoms with Crippen LogP contribution in [-0.2, 0) is 14.8 Å². The third-order valence-corrected chi connectivity index (χ3v) is 4.41. The first kappa shape index (κ1) is 13.3. The smallest absolute Gasteiger partial charge is 0.274 e. The van der Waals surface area contributed by atoms with Crippen LogP contribution in [0.3, 0.4) is 0 Å². The number of nitrogens with one attached hydrogen (secondary N) is 1. The second kappa shape index (κ2) is 5.21. The molecule has 0 radical (unpaired) electrons. The number of aldehydes is 1. The van der Waals surface area contributed by atoms with Crippen molar-refractivity contribution in [1.82, 2.24) is 4.72 Å². The normalized spacial score (nSPS) is 24.3. The summed E-state index contributed by atoms with van der Waals surface area (Å²) < 4.78 is 36.7. The zero-order valence-electron chi connectivity index (χ0n) is 9.96. The van der Waals surface area contributed by atoms with Gasteiger partial charge >= 0.3 is 0 Å². The van der Waals surface area contributed by atoms with Gasteiger partial charge in [0.15, 0.2) is 12.0 Å². The predicted octanol–water partition coefficient (Wildman–Crippen LogP) is 0.938. The van der Waals surface area contributed by atoms with Crippen LogP contribution in [0.15, 0.2) is 21.6 Å². The van der Waals surface area contributed by atoms with Crippen molar-refractivity contribution in [3.8, 4) is 0 Å². The molecule has 1 aliphatic rings. The van der Waals surface area contributed by atoms with E-state index in [4.69, 9.17) is 9.15 Å². The molecule has 0 saturated heterocycles. The number of carbonyl (C=O) groups excluding carboxylic acids is 1. The highest BCUT2D eigenvalue weighted by Gasteiger charge is 2.32. The van der Waals surface area contributed by atoms with Crippen LogP contribution in [-0.4, -0.2) is 34.0 Å². The van der Waals surface area contributed by atoms with Crippen LogP contribution in [0.1, 0.15) is 29.8 Å². The molecule has 0 aliphatic heterocycles. The van der Waals surface area contributed by atoms with Gasteiger partial charge in [0, 0.05) is 13.2 Å². The van der Waals surface area contributed by atoms with Gasteiger partial charge < -0.3 is 9.15 Å². The van der Waals surface area contributed by atoms with Gasteiger partial charge in [0.05, 0.1) is 6.10 Å². The van der Waals surface area contributed by atoms with E-state index in [-0.39, 0.29) is 23.0 Å². The van der Waals surface area contributed by atoms with Crippen LogP contribution in [0.25, 0.3) is 0 Å². The van der Waals surface area contributed by atoms with E-state index in [1.54, 1.807) is 7.11 Å². The monoisotopic (exact) mass is 273 g/mol. The molecule has 1 heterocycles. The summed E-state index contributed by atoms with van der Waals surface area (Å²) in [5.41, 5.74) is 0. The van der Waals surface area contributed by atoms with Gasteiger partial charge in [-0.1, -0.05) is 0 Å². The lowest BCUT2D eigenvalue weighted by molar-refractivity contribution is 0.0915. The number of ether oxygens (including phenoxy) is 1. The third kappa shape index (κ3) is 2.63. The lowest BCUT2D eigenvalue weighted by atomic mass is 10.2. The second-order valence-corrected chi connectivity index (χ2v) is 5.85. The van der Waals surface area contributed by atoms with Gasteiger partial charge in [-0.2, -0.15) is 0 Å². The molecule has 1 N–H and O–H groups in total. The Hall–Kier alpha value is -1.18. The first-order valence-corrected chi connectivity index (χ1v) is 7.15. The summed E-state index contributed by atoms with van der Waals surface area (Å²) in [4.78, 5) is 10.5. The topological polar surface area (TPSA) is 85.6 Å². The van der Waals surface area contributed by atoms with Crippen molar-refractivity contribution in [2.45, 2.75) is 36.5 Å². The molecule has 2 unspecified atom stereocenters. The Kier molecular flexibility index (Phi) is 3.84. The molecule has 0 aromatic carbocycles. The van der Waals surface area contributed by atoms with E-state index in [1.807, 2.05) is 0 Å². The zero-order chi connectivity index (χ0) is 13.2. The zero-order valence-corrected chi connectivity index (χ0v) is 10.8. The SMILES string of the molecule is COC1CCCC1NS(=O)(=O)c1ccc(C=O)o1. The summed E-state index contributed by atoms with van der Waals surface area (Å²) in [7, 11) is -2.17. The highest BCUT2D eigenvalue weighted by atomic mass is 32.2. The maximum absolute atomic E-state index is 12.0. The van der Waals surface area contributed by atoms with Crippen molar-refractivity contribution in [3.63, 3.8) is 0 Å². The lowest BCUT2D eigenvalue weighted by Gasteiger charge is -2.18. The Balaban J connectivity index is 2.14. The Labute approximate surface area is 105 Å². The fourth-order valence-electron chi connectivity index (χ4n) is 2.14. The van der Waals surface area contributed by atoms with Gasteiger partial charge in [0.2, 0.25) is 5.09 Å². The molecule has 2 rings (SSSR count). The number of sulfonamides is 1. The van der Waals surface area contributed by atoms with Crippen LogP contribution >= 0.6 is 0 Å². The highest BCUT2D eigenvalue weighted by molar-refractivity contribution is 7.89. The van der Waals surface area contributed by atoms with Crippen molar-refractivity contribution in [3.05, 3.63) is 17.9 Å². The minimum atomic E-state index is -3.73. The van der Waals surface area contributed by atoms with Crippen LogP contribution < -0.4 is 4.72 Å². The van der Waals surface area contributed by atoms with Crippen molar-refractivity contribution in [1.29, 1.82) is 0 Å². The average molecular weight is 273 g/mol. The van der Waals surface area contributed by atoms with Crippen molar-refractivity contribution < 1.29 is 22.4 Å². The van der Waals surface area contributed by atoms with Crippen LogP contribution in [0.5, 0.6) is 0 Å². The molecular weight excluding hydrogens is 258 g/mol. The third-order valence-electron chi connectivity index (χ3n) is 3.04. The molecule has 1 aromatic heterocycles. The van der Waals surface area contributed by atoms with Crippen LogP contribution in [0.4, 0.5) is 0 Å². The van der Waals surface area contributed by atoms with E-state index in [2.05, 4.69) is 4.72 Å². The number of furan rings is 1. The number of methoxy groups -OCH3 is 1. The largest absolute Gasteiger partial charge is 0.440 e. The molecule has 1 fully saturated rings. The molecule has 100 valence electrons. The minimum absolute atomic E-state index is 0.00918. The fourth-order valence-corrected chi connectivity index (χ4v) is 3.38. The molecule has 0 amide bonds. The van der Waals surface area contributed by atoms with E-state index < -0.39 is 10.0 Å². The Morgan fingerprint density at radius 1 is 1.44 bits per heavy atom. The molecule has 1 saturated carbocycles. The molecule has 18 heavy (non-hydrogen) atoms. The summed E-state index contributed by atoms with van der Waals surface area (Å²) >= 11 is 0. The fraction of sp³-hybridized carbons (Fsp3) is 0.545.